The number of piperazine rings is 1. The zero-order chi connectivity index (χ0) is 22.8. The average Bonchev–Trinajstić information content (AvgIpc) is 2.80. The van der Waals surface area contributed by atoms with Crippen molar-refractivity contribution in [2.45, 2.75) is 13.0 Å². The highest BCUT2D eigenvalue weighted by atomic mass is 19.1. The minimum Gasteiger partial charge on any atom is -0.335 e. The smallest absolute Gasteiger partial charge is 0.335 e. The third-order valence-corrected chi connectivity index (χ3v) is 5.75. The Hall–Kier alpha value is -3.59. The summed E-state index contributed by atoms with van der Waals surface area (Å²) in [5, 5.41) is 4.06. The zero-order valence-corrected chi connectivity index (χ0v) is 17.9. The highest BCUT2D eigenvalue weighted by Gasteiger charge is 2.28. The molecule has 0 aliphatic carbocycles. The summed E-state index contributed by atoms with van der Waals surface area (Å²) in [6.07, 6.45) is 0. The maximum Gasteiger partial charge on any atom is 0.352 e. The number of aromatic nitrogens is 3. The maximum atomic E-state index is 14.6. The second kappa shape index (κ2) is 8.88. The number of rotatable bonds is 4. The Labute approximate surface area is 184 Å². The van der Waals surface area contributed by atoms with Crippen LogP contribution in [0.25, 0.3) is 5.69 Å². The van der Waals surface area contributed by atoms with Crippen molar-refractivity contribution in [3.63, 3.8) is 0 Å². The van der Waals surface area contributed by atoms with Gasteiger partial charge < -0.3 is 9.80 Å². The van der Waals surface area contributed by atoms with Gasteiger partial charge in [0.05, 0.1) is 6.04 Å². The number of carbonyl (C=O) groups excluding carboxylic acids is 1. The number of likely N-dealkylation sites (N-methyl/N-ethyl adjacent to an activating group) is 1. The number of carbonyl (C=O) groups is 1. The van der Waals surface area contributed by atoms with E-state index < -0.39 is 34.7 Å². The molecule has 0 saturated carbocycles. The summed E-state index contributed by atoms with van der Waals surface area (Å²) in [6.45, 7) is 3.88. The number of amides is 1. The molecule has 1 fully saturated rings. The predicted octanol–water partition coefficient (Wildman–Crippen LogP) is 1.53. The first-order chi connectivity index (χ1) is 15.4. The first-order valence-electron chi connectivity index (χ1n) is 10.4. The van der Waals surface area contributed by atoms with Crippen LogP contribution in [0.1, 0.15) is 29.0 Å². The minimum absolute atomic E-state index is 0.126. The van der Waals surface area contributed by atoms with Crippen molar-refractivity contribution in [1.82, 2.24) is 24.1 Å². The lowest BCUT2D eigenvalue weighted by atomic mass is 10.1. The molecule has 1 amide bonds. The van der Waals surface area contributed by atoms with Gasteiger partial charge in [0.25, 0.3) is 11.5 Å². The van der Waals surface area contributed by atoms with E-state index in [2.05, 4.69) is 10.00 Å². The van der Waals surface area contributed by atoms with Crippen LogP contribution in [-0.2, 0) is 0 Å². The summed E-state index contributed by atoms with van der Waals surface area (Å²) in [4.78, 5) is 43.5. The monoisotopic (exact) mass is 437 g/mol. The van der Waals surface area contributed by atoms with Crippen molar-refractivity contribution in [2.24, 2.45) is 0 Å². The summed E-state index contributed by atoms with van der Waals surface area (Å²) < 4.78 is 16.3. The fourth-order valence-corrected chi connectivity index (χ4v) is 3.78. The van der Waals surface area contributed by atoms with Crippen molar-refractivity contribution < 1.29 is 9.18 Å². The summed E-state index contributed by atoms with van der Waals surface area (Å²) in [7, 11) is 1.95. The molecule has 3 aromatic rings. The van der Waals surface area contributed by atoms with Gasteiger partial charge in [0.15, 0.2) is 0 Å². The molecule has 2 aromatic carbocycles. The van der Waals surface area contributed by atoms with E-state index in [9.17, 15) is 18.8 Å². The van der Waals surface area contributed by atoms with E-state index in [-0.39, 0.29) is 5.69 Å². The molecule has 0 unspecified atom stereocenters. The van der Waals surface area contributed by atoms with Crippen LogP contribution in [0.15, 0.2) is 64.2 Å². The molecule has 8 nitrogen and oxygen atoms in total. The normalized spacial score (nSPS) is 15.5. The van der Waals surface area contributed by atoms with Gasteiger partial charge in [-0.3, -0.25) is 9.59 Å². The second-order valence-corrected chi connectivity index (χ2v) is 7.85. The van der Waals surface area contributed by atoms with Crippen molar-refractivity contribution in [3.05, 3.63) is 92.5 Å². The van der Waals surface area contributed by atoms with Crippen LogP contribution in [0.3, 0.4) is 0 Å². The highest BCUT2D eigenvalue weighted by molar-refractivity contribution is 5.92. The largest absolute Gasteiger partial charge is 0.352 e. The zero-order valence-electron chi connectivity index (χ0n) is 17.9. The van der Waals surface area contributed by atoms with Crippen LogP contribution in [0.4, 0.5) is 4.39 Å². The Kier molecular flexibility index (Phi) is 6.00. The Bertz CT molecular complexity index is 1250. The number of para-hydroxylation sites is 1. The van der Waals surface area contributed by atoms with E-state index in [1.165, 1.54) is 23.1 Å². The summed E-state index contributed by atoms with van der Waals surface area (Å²) >= 11 is 0. The van der Waals surface area contributed by atoms with Gasteiger partial charge in [0.1, 0.15) is 11.5 Å². The SMILES string of the molecule is C[C@@H](c1ccccc1)n1c(=O)c(C(=O)N2CCN(C)CC2)nn(-c2ccccc2F)c1=O. The first-order valence-corrected chi connectivity index (χ1v) is 10.4. The fourth-order valence-electron chi connectivity index (χ4n) is 3.78. The van der Waals surface area contributed by atoms with Gasteiger partial charge in [-0.15, -0.1) is 0 Å². The van der Waals surface area contributed by atoms with Crippen molar-refractivity contribution in [3.8, 4) is 5.69 Å². The van der Waals surface area contributed by atoms with Gasteiger partial charge >= 0.3 is 5.69 Å². The molecule has 2 heterocycles. The van der Waals surface area contributed by atoms with Crippen LogP contribution in [-0.4, -0.2) is 63.3 Å². The van der Waals surface area contributed by atoms with E-state index in [0.29, 0.717) is 31.7 Å². The van der Waals surface area contributed by atoms with Crippen molar-refractivity contribution in [2.75, 3.05) is 33.2 Å². The fraction of sp³-hybridized carbons (Fsp3) is 0.304. The molecule has 1 atom stereocenters. The van der Waals surface area contributed by atoms with Gasteiger partial charge in [-0.1, -0.05) is 42.5 Å². The maximum absolute atomic E-state index is 14.6. The van der Waals surface area contributed by atoms with Gasteiger partial charge in [-0.25, -0.2) is 13.8 Å². The lowest BCUT2D eigenvalue weighted by Gasteiger charge is -2.32. The quantitative estimate of drug-likeness (QED) is 0.619. The lowest BCUT2D eigenvalue weighted by Crippen LogP contribution is -2.51. The van der Waals surface area contributed by atoms with E-state index in [0.717, 1.165) is 9.25 Å². The Morgan fingerprint density at radius 1 is 0.969 bits per heavy atom. The van der Waals surface area contributed by atoms with Gasteiger partial charge in [-0.05, 0) is 31.7 Å². The molecule has 0 radical (unpaired) electrons. The van der Waals surface area contributed by atoms with Crippen LogP contribution in [0.5, 0.6) is 0 Å². The molecule has 4 rings (SSSR count). The lowest BCUT2D eigenvalue weighted by molar-refractivity contribution is 0.0652. The van der Waals surface area contributed by atoms with Crippen LogP contribution < -0.4 is 11.2 Å². The van der Waals surface area contributed by atoms with Gasteiger partial charge in [-0.2, -0.15) is 9.78 Å². The molecular weight excluding hydrogens is 413 g/mol. The summed E-state index contributed by atoms with van der Waals surface area (Å²) in [6, 6.07) is 13.9. The minimum atomic E-state index is -0.814. The van der Waals surface area contributed by atoms with E-state index >= 15 is 0 Å². The molecule has 1 aromatic heterocycles. The molecule has 0 N–H and O–H groups in total. The number of benzene rings is 2. The van der Waals surface area contributed by atoms with Crippen LogP contribution >= 0.6 is 0 Å². The Morgan fingerprint density at radius 2 is 1.59 bits per heavy atom. The molecule has 1 aliphatic heterocycles. The Balaban J connectivity index is 1.91. The molecule has 1 aliphatic rings. The second-order valence-electron chi connectivity index (χ2n) is 7.85. The average molecular weight is 437 g/mol. The number of hydrogen-bond acceptors (Lipinski definition) is 5. The molecular formula is C23H24FN5O3. The van der Waals surface area contributed by atoms with Gasteiger partial charge in [0, 0.05) is 26.2 Å². The van der Waals surface area contributed by atoms with Crippen molar-refractivity contribution in [1.29, 1.82) is 0 Å². The predicted molar refractivity (Wildman–Crippen MR) is 118 cm³/mol. The van der Waals surface area contributed by atoms with Crippen LogP contribution in [0.2, 0.25) is 0 Å². The molecule has 32 heavy (non-hydrogen) atoms. The van der Waals surface area contributed by atoms with E-state index in [1.807, 2.05) is 13.1 Å². The first kappa shape index (κ1) is 21.6. The third-order valence-electron chi connectivity index (χ3n) is 5.75. The van der Waals surface area contributed by atoms with E-state index in [1.54, 1.807) is 37.3 Å². The number of halogens is 1. The molecule has 0 spiro atoms. The van der Waals surface area contributed by atoms with Gasteiger partial charge in [0.2, 0.25) is 5.69 Å². The topological polar surface area (TPSA) is 80.4 Å². The highest BCUT2D eigenvalue weighted by Crippen LogP contribution is 2.15. The van der Waals surface area contributed by atoms with Crippen molar-refractivity contribution >= 4 is 5.91 Å². The number of hydrogen-bond donors (Lipinski definition) is 0. The summed E-state index contributed by atoms with van der Waals surface area (Å²) in [5.41, 5.74) is -1.43. The third kappa shape index (κ3) is 3.99. The molecule has 166 valence electrons. The molecule has 1 saturated heterocycles. The van der Waals surface area contributed by atoms with Crippen LogP contribution in [0, 0.1) is 5.82 Å². The summed E-state index contributed by atoms with van der Waals surface area (Å²) in [5.74, 6) is -1.25. The molecule has 0 bridgehead atoms. The number of nitrogens with zero attached hydrogens (tertiary/aromatic N) is 5. The Morgan fingerprint density at radius 3 is 2.25 bits per heavy atom. The standard InChI is InChI=1S/C23H24FN5O3/c1-16(17-8-4-3-5-9-17)28-22(31)20(21(30)27-14-12-26(2)13-15-27)25-29(23(28)32)19-11-7-6-10-18(19)24/h3-11,16H,12-15H2,1-2H3/t16-/m0/s1. The van der Waals surface area contributed by atoms with E-state index in [4.69, 9.17) is 0 Å². The molecule has 9 heteroatoms.